The van der Waals surface area contributed by atoms with Gasteiger partial charge in [0.1, 0.15) is 0 Å². The van der Waals surface area contributed by atoms with E-state index in [1.807, 2.05) is 13.0 Å². The highest BCUT2D eigenvalue weighted by atomic mass is 17.4. The van der Waals surface area contributed by atoms with Crippen molar-refractivity contribution in [3.8, 4) is 0 Å². The summed E-state index contributed by atoms with van der Waals surface area (Å²) in [6, 6.07) is 0. The van der Waals surface area contributed by atoms with Gasteiger partial charge in [0.15, 0.2) is 0 Å². The Labute approximate surface area is 59.8 Å². The molecule has 3 heteroatoms. The molecule has 1 fully saturated rings. The van der Waals surface area contributed by atoms with Crippen molar-refractivity contribution in [2.24, 2.45) is 0 Å². The van der Waals surface area contributed by atoms with E-state index in [0.29, 0.717) is 6.42 Å². The zero-order valence-corrected chi connectivity index (χ0v) is 6.09. The Balaban J connectivity index is 2.31. The maximum Gasteiger partial charge on any atom is 0.343 e. The van der Waals surface area contributed by atoms with Gasteiger partial charge in [0.2, 0.25) is 0 Å². The Bertz CT molecular complexity index is 164. The molecule has 10 heavy (non-hydrogen) atoms. The molecule has 0 atom stereocenters. The van der Waals surface area contributed by atoms with Gasteiger partial charge in [0.25, 0.3) is 0 Å². The van der Waals surface area contributed by atoms with Crippen molar-refractivity contribution in [3.05, 3.63) is 17.9 Å². The smallest absolute Gasteiger partial charge is 0.327 e. The normalized spacial score (nSPS) is 19.4. The highest BCUT2D eigenvalue weighted by Gasteiger charge is 2.48. The molecule has 56 valence electrons. The molecule has 0 N–H and O–H groups in total. The van der Waals surface area contributed by atoms with Gasteiger partial charge < -0.3 is 4.74 Å². The Kier molecular flexibility index (Phi) is 2.25. The van der Waals surface area contributed by atoms with E-state index in [2.05, 4.69) is 15.5 Å². The zero-order valence-electron chi connectivity index (χ0n) is 6.09. The van der Waals surface area contributed by atoms with Crippen LogP contribution in [0.1, 0.15) is 13.3 Å². The second-order valence-electron chi connectivity index (χ2n) is 1.92. The van der Waals surface area contributed by atoms with Crippen LogP contribution in [0.4, 0.5) is 0 Å². The summed E-state index contributed by atoms with van der Waals surface area (Å²) in [6.07, 6.45) is 4.19. The second-order valence-corrected chi connectivity index (χ2v) is 1.92. The SMILES string of the molecule is CC=C=CCC1(OC)OO1. The molecule has 0 saturated carbocycles. The molecule has 1 aliphatic rings. The van der Waals surface area contributed by atoms with Crippen LogP contribution in [-0.4, -0.2) is 13.1 Å². The summed E-state index contributed by atoms with van der Waals surface area (Å²) in [6.45, 7) is 1.89. The topological polar surface area (TPSA) is 34.3 Å². The summed E-state index contributed by atoms with van der Waals surface area (Å²) >= 11 is 0. The van der Waals surface area contributed by atoms with Crippen LogP contribution in [0.25, 0.3) is 0 Å². The van der Waals surface area contributed by atoms with E-state index in [0.717, 1.165) is 0 Å². The van der Waals surface area contributed by atoms with Gasteiger partial charge in [-0.05, 0) is 19.1 Å². The van der Waals surface area contributed by atoms with Crippen molar-refractivity contribution in [2.45, 2.75) is 19.3 Å². The molecule has 0 radical (unpaired) electrons. The maximum atomic E-state index is 4.87. The Morgan fingerprint density at radius 1 is 1.60 bits per heavy atom. The van der Waals surface area contributed by atoms with Gasteiger partial charge in [-0.2, -0.15) is 9.78 Å². The van der Waals surface area contributed by atoms with Gasteiger partial charge in [-0.1, -0.05) is 0 Å². The number of rotatable bonds is 3. The average molecular weight is 142 g/mol. The fraction of sp³-hybridized carbons (Fsp3) is 0.571. The standard InChI is InChI=1S/C7H10O3/c1-3-4-5-6-7(8-2)9-10-7/h3,5H,6H2,1-2H3. The van der Waals surface area contributed by atoms with Crippen LogP contribution in [0, 0.1) is 0 Å². The van der Waals surface area contributed by atoms with Crippen LogP contribution in [0.15, 0.2) is 17.9 Å². The molecular formula is C7H10O3. The number of hydrogen-bond donors (Lipinski definition) is 0. The minimum absolute atomic E-state index is 0.577. The van der Waals surface area contributed by atoms with E-state index in [-0.39, 0.29) is 0 Å². The van der Waals surface area contributed by atoms with Gasteiger partial charge >= 0.3 is 5.97 Å². The molecule has 1 aliphatic heterocycles. The molecular weight excluding hydrogens is 132 g/mol. The first kappa shape index (κ1) is 7.51. The first-order valence-corrected chi connectivity index (χ1v) is 3.10. The first-order chi connectivity index (χ1) is 4.83. The van der Waals surface area contributed by atoms with E-state index in [4.69, 9.17) is 4.74 Å². The number of methoxy groups -OCH3 is 1. The predicted octanol–water partition coefficient (Wildman–Crippen LogP) is 1.37. The van der Waals surface area contributed by atoms with Gasteiger partial charge in [0.05, 0.1) is 6.42 Å². The van der Waals surface area contributed by atoms with Crippen molar-refractivity contribution in [1.82, 2.24) is 0 Å². The molecule has 0 aliphatic carbocycles. The molecule has 0 unspecified atom stereocenters. The Hall–Kier alpha value is -0.600. The van der Waals surface area contributed by atoms with Gasteiger partial charge in [-0.3, -0.25) is 0 Å². The van der Waals surface area contributed by atoms with E-state index in [1.54, 1.807) is 6.08 Å². The van der Waals surface area contributed by atoms with Gasteiger partial charge in [-0.15, -0.1) is 5.73 Å². The molecule has 0 aromatic heterocycles. The van der Waals surface area contributed by atoms with Crippen molar-refractivity contribution < 1.29 is 14.5 Å². The van der Waals surface area contributed by atoms with Crippen LogP contribution in [-0.2, 0) is 14.5 Å². The second kappa shape index (κ2) is 2.99. The molecule has 0 bridgehead atoms. The minimum Gasteiger partial charge on any atom is -0.327 e. The molecule has 1 rings (SSSR count). The van der Waals surface area contributed by atoms with E-state index in [1.165, 1.54) is 7.11 Å². The fourth-order valence-corrected chi connectivity index (χ4v) is 0.568. The minimum atomic E-state index is -0.796. The van der Waals surface area contributed by atoms with Crippen LogP contribution < -0.4 is 0 Å². The summed E-state index contributed by atoms with van der Waals surface area (Å²) in [5.74, 6) is -0.796. The fourth-order valence-electron chi connectivity index (χ4n) is 0.568. The molecule has 3 nitrogen and oxygen atoms in total. The molecule has 1 saturated heterocycles. The molecule has 0 aromatic rings. The van der Waals surface area contributed by atoms with Crippen molar-refractivity contribution in [2.75, 3.05) is 7.11 Å². The molecule has 1 heterocycles. The summed E-state index contributed by atoms with van der Waals surface area (Å²) in [5.41, 5.74) is 2.89. The zero-order chi connectivity index (χ0) is 7.45. The van der Waals surface area contributed by atoms with E-state index >= 15 is 0 Å². The third-order valence-corrected chi connectivity index (χ3v) is 1.22. The molecule has 0 aromatic carbocycles. The Morgan fingerprint density at radius 2 is 2.30 bits per heavy atom. The first-order valence-electron chi connectivity index (χ1n) is 3.10. The summed E-state index contributed by atoms with van der Waals surface area (Å²) < 4.78 is 4.87. The molecule has 0 amide bonds. The quantitative estimate of drug-likeness (QED) is 0.339. The van der Waals surface area contributed by atoms with Crippen LogP contribution >= 0.6 is 0 Å². The third-order valence-electron chi connectivity index (χ3n) is 1.22. The van der Waals surface area contributed by atoms with Crippen LogP contribution in [0.5, 0.6) is 0 Å². The van der Waals surface area contributed by atoms with Gasteiger partial charge in [0, 0.05) is 7.11 Å². The lowest BCUT2D eigenvalue weighted by Gasteiger charge is -1.96. The summed E-state index contributed by atoms with van der Waals surface area (Å²) in [4.78, 5) is 9.17. The highest BCUT2D eigenvalue weighted by molar-refractivity contribution is 4.85. The third kappa shape index (κ3) is 1.69. The van der Waals surface area contributed by atoms with E-state index < -0.39 is 5.97 Å². The number of ether oxygens (including phenoxy) is 1. The average Bonchev–Trinajstić information content (AvgIpc) is 2.70. The largest absolute Gasteiger partial charge is 0.343 e. The number of hydrogen-bond acceptors (Lipinski definition) is 3. The van der Waals surface area contributed by atoms with E-state index in [9.17, 15) is 0 Å². The van der Waals surface area contributed by atoms with Crippen LogP contribution in [0.3, 0.4) is 0 Å². The lowest BCUT2D eigenvalue weighted by Crippen LogP contribution is -2.10. The monoisotopic (exact) mass is 142 g/mol. The summed E-state index contributed by atoms with van der Waals surface area (Å²) in [7, 11) is 1.54. The Morgan fingerprint density at radius 3 is 2.70 bits per heavy atom. The van der Waals surface area contributed by atoms with Crippen molar-refractivity contribution in [3.63, 3.8) is 0 Å². The lowest BCUT2D eigenvalue weighted by molar-refractivity contribution is -0.0166. The van der Waals surface area contributed by atoms with Gasteiger partial charge in [-0.25, -0.2) is 0 Å². The highest BCUT2D eigenvalue weighted by Crippen LogP contribution is 2.33. The maximum absolute atomic E-state index is 4.87. The van der Waals surface area contributed by atoms with Crippen molar-refractivity contribution in [1.29, 1.82) is 0 Å². The lowest BCUT2D eigenvalue weighted by atomic mass is 10.3. The molecule has 0 spiro atoms. The predicted molar refractivity (Wildman–Crippen MR) is 34.9 cm³/mol. The van der Waals surface area contributed by atoms with Crippen LogP contribution in [0.2, 0.25) is 0 Å². The summed E-state index contributed by atoms with van der Waals surface area (Å²) in [5, 5.41) is 0. The van der Waals surface area contributed by atoms with Crippen molar-refractivity contribution >= 4 is 0 Å².